The van der Waals surface area contributed by atoms with Crippen LogP contribution in [0.1, 0.15) is 226 Å². The van der Waals surface area contributed by atoms with Gasteiger partial charge in [-0.1, -0.05) is 206 Å². The zero-order valence-corrected chi connectivity index (χ0v) is 33.3. The standard InChI is InChI=1S/C43H90NO3/c1-6-9-11-13-15-17-19-21-23-25-27-29-31-33-35-37-39-46-42(41-45)43(44(4,5)8-3)47-40-38-36-34-32-30-28-26-24-22-20-18-16-14-12-10-7-2/h42-43,45H,6-41H2,1-5H3/q+1. The van der Waals surface area contributed by atoms with Gasteiger partial charge in [0, 0.05) is 6.61 Å². The molecule has 4 heteroatoms. The molecule has 2 unspecified atom stereocenters. The van der Waals surface area contributed by atoms with Gasteiger partial charge in [-0.25, -0.2) is 0 Å². The van der Waals surface area contributed by atoms with E-state index in [2.05, 4.69) is 34.9 Å². The molecule has 1 N–H and O–H groups in total. The van der Waals surface area contributed by atoms with E-state index >= 15 is 0 Å². The van der Waals surface area contributed by atoms with Crippen molar-refractivity contribution in [2.24, 2.45) is 0 Å². The molecule has 0 aromatic rings. The summed E-state index contributed by atoms with van der Waals surface area (Å²) in [6.07, 6.45) is 43.8. The van der Waals surface area contributed by atoms with Crippen LogP contribution >= 0.6 is 0 Å². The van der Waals surface area contributed by atoms with E-state index in [0.29, 0.717) is 0 Å². The first-order valence-corrected chi connectivity index (χ1v) is 21.7. The minimum Gasteiger partial charge on any atom is -0.393 e. The van der Waals surface area contributed by atoms with Gasteiger partial charge in [-0.05, 0) is 19.8 Å². The van der Waals surface area contributed by atoms with E-state index in [1.54, 1.807) is 0 Å². The number of aliphatic hydroxyl groups is 1. The summed E-state index contributed by atoms with van der Waals surface area (Å²) in [5.74, 6) is 0. The lowest BCUT2D eigenvalue weighted by molar-refractivity contribution is -0.940. The van der Waals surface area contributed by atoms with Crippen LogP contribution in [0, 0.1) is 0 Å². The second-order valence-electron chi connectivity index (χ2n) is 15.6. The van der Waals surface area contributed by atoms with Gasteiger partial charge in [-0.15, -0.1) is 0 Å². The Morgan fingerprint density at radius 1 is 0.383 bits per heavy atom. The maximum absolute atomic E-state index is 10.2. The van der Waals surface area contributed by atoms with Crippen molar-refractivity contribution >= 4 is 0 Å². The first-order valence-electron chi connectivity index (χ1n) is 21.7. The highest BCUT2D eigenvalue weighted by Crippen LogP contribution is 2.19. The van der Waals surface area contributed by atoms with Crippen molar-refractivity contribution in [3.05, 3.63) is 0 Å². The summed E-state index contributed by atoms with van der Waals surface area (Å²) in [6, 6.07) is 0. The molecular weight excluding hydrogens is 578 g/mol. The van der Waals surface area contributed by atoms with E-state index < -0.39 is 0 Å². The van der Waals surface area contributed by atoms with E-state index in [9.17, 15) is 5.11 Å². The van der Waals surface area contributed by atoms with Crippen molar-refractivity contribution < 1.29 is 19.1 Å². The Hall–Kier alpha value is -0.160. The fraction of sp³-hybridized carbons (Fsp3) is 1.00. The van der Waals surface area contributed by atoms with Gasteiger partial charge in [0.1, 0.15) is 0 Å². The number of aliphatic hydroxyl groups excluding tert-OH is 1. The molecule has 47 heavy (non-hydrogen) atoms. The minimum absolute atomic E-state index is 0.0319. The smallest absolute Gasteiger partial charge is 0.221 e. The van der Waals surface area contributed by atoms with Crippen LogP contribution in [-0.4, -0.2) is 62.4 Å². The quantitative estimate of drug-likeness (QED) is 0.0401. The maximum Gasteiger partial charge on any atom is 0.221 e. The van der Waals surface area contributed by atoms with Crippen LogP contribution in [0.15, 0.2) is 0 Å². The number of ether oxygens (including phenoxy) is 2. The van der Waals surface area contributed by atoms with Gasteiger partial charge in [0.15, 0.2) is 6.10 Å². The number of quaternary nitrogens is 1. The van der Waals surface area contributed by atoms with Crippen LogP contribution in [0.25, 0.3) is 0 Å². The average molecular weight is 669 g/mol. The number of hydrogen-bond donors (Lipinski definition) is 1. The van der Waals surface area contributed by atoms with Gasteiger partial charge >= 0.3 is 0 Å². The second-order valence-corrected chi connectivity index (χ2v) is 15.6. The van der Waals surface area contributed by atoms with E-state index in [-0.39, 0.29) is 18.9 Å². The van der Waals surface area contributed by atoms with Gasteiger partial charge in [-0.2, -0.15) is 0 Å². The maximum atomic E-state index is 10.2. The van der Waals surface area contributed by atoms with Crippen molar-refractivity contribution in [3.8, 4) is 0 Å². The highest BCUT2D eigenvalue weighted by atomic mass is 16.6. The van der Waals surface area contributed by atoms with Crippen molar-refractivity contribution in [3.63, 3.8) is 0 Å². The lowest BCUT2D eigenvalue weighted by Gasteiger charge is -2.40. The molecule has 0 aliphatic heterocycles. The van der Waals surface area contributed by atoms with Gasteiger partial charge in [-0.3, -0.25) is 0 Å². The van der Waals surface area contributed by atoms with Crippen molar-refractivity contribution in [2.75, 3.05) is 40.5 Å². The number of nitrogens with zero attached hydrogens (tertiary/aromatic N) is 1. The normalized spacial score (nSPS) is 13.4. The molecule has 0 rings (SSSR count). The molecule has 0 saturated heterocycles. The van der Waals surface area contributed by atoms with Crippen LogP contribution < -0.4 is 0 Å². The monoisotopic (exact) mass is 669 g/mol. The molecule has 0 aromatic heterocycles. The van der Waals surface area contributed by atoms with Crippen LogP contribution in [0.3, 0.4) is 0 Å². The molecule has 0 radical (unpaired) electrons. The SMILES string of the molecule is CCCCCCCCCCCCCCCCCCOC(CO)C(OCCCCCCCCCCCCCCCCCC)[N+](C)(C)CC. The molecule has 0 bridgehead atoms. The third-order valence-corrected chi connectivity index (χ3v) is 10.6. The lowest BCUT2D eigenvalue weighted by Crippen LogP contribution is -2.57. The molecular formula is C43H90NO3+. The van der Waals surface area contributed by atoms with E-state index in [0.717, 1.165) is 37.1 Å². The highest BCUT2D eigenvalue weighted by Gasteiger charge is 2.36. The fourth-order valence-electron chi connectivity index (χ4n) is 6.90. The number of likely N-dealkylation sites (N-methyl/N-ethyl adjacent to an activating group) is 1. The van der Waals surface area contributed by atoms with Crippen LogP contribution in [0.5, 0.6) is 0 Å². The number of rotatable bonds is 40. The Morgan fingerprint density at radius 2 is 0.638 bits per heavy atom. The Bertz CT molecular complexity index is 583. The highest BCUT2D eigenvalue weighted by molar-refractivity contribution is 4.63. The summed E-state index contributed by atoms with van der Waals surface area (Å²) in [7, 11) is 4.41. The van der Waals surface area contributed by atoms with Gasteiger partial charge in [0.25, 0.3) is 0 Å². The molecule has 0 saturated carbocycles. The number of unbranched alkanes of at least 4 members (excludes halogenated alkanes) is 30. The first-order chi connectivity index (χ1) is 23.0. The molecule has 2 atom stereocenters. The zero-order chi connectivity index (χ0) is 34.5. The molecule has 4 nitrogen and oxygen atoms in total. The summed E-state index contributed by atoms with van der Waals surface area (Å²) < 4.78 is 13.4. The lowest BCUT2D eigenvalue weighted by atomic mass is 10.0. The Kier molecular flexibility index (Phi) is 37.0. The molecule has 0 aromatic carbocycles. The predicted molar refractivity (Wildman–Crippen MR) is 208 cm³/mol. The first kappa shape index (κ1) is 46.8. The van der Waals surface area contributed by atoms with Gasteiger partial charge in [0.05, 0.1) is 33.9 Å². The fourth-order valence-corrected chi connectivity index (χ4v) is 6.90. The third-order valence-electron chi connectivity index (χ3n) is 10.6. The second kappa shape index (κ2) is 37.1. The third kappa shape index (κ3) is 31.6. The summed E-state index contributed by atoms with van der Waals surface area (Å²) in [5.41, 5.74) is 0. The Labute approximate surface area is 297 Å². The Balaban J connectivity index is 3.82. The largest absolute Gasteiger partial charge is 0.393 e. The molecule has 0 fully saturated rings. The Morgan fingerprint density at radius 3 is 0.894 bits per heavy atom. The summed E-state index contributed by atoms with van der Waals surface area (Å²) >= 11 is 0. The molecule has 0 spiro atoms. The molecule has 0 aliphatic carbocycles. The van der Waals surface area contributed by atoms with E-state index in [1.807, 2.05) is 0 Å². The van der Waals surface area contributed by atoms with Crippen molar-refractivity contribution in [1.29, 1.82) is 0 Å². The molecule has 0 amide bonds. The summed E-state index contributed by atoms with van der Waals surface area (Å²) in [4.78, 5) is 0. The van der Waals surface area contributed by atoms with E-state index in [4.69, 9.17) is 9.47 Å². The number of hydrogen-bond acceptors (Lipinski definition) is 3. The summed E-state index contributed by atoms with van der Waals surface area (Å²) in [6.45, 7) is 9.28. The van der Waals surface area contributed by atoms with Crippen LogP contribution in [0.4, 0.5) is 0 Å². The van der Waals surface area contributed by atoms with Crippen LogP contribution in [0.2, 0.25) is 0 Å². The van der Waals surface area contributed by atoms with Crippen LogP contribution in [-0.2, 0) is 9.47 Å². The molecule has 0 heterocycles. The molecule has 284 valence electrons. The predicted octanol–water partition coefficient (Wildman–Crippen LogP) is 13.3. The van der Waals surface area contributed by atoms with E-state index in [1.165, 1.54) is 193 Å². The van der Waals surface area contributed by atoms with Gasteiger partial charge in [0.2, 0.25) is 6.23 Å². The van der Waals surface area contributed by atoms with Gasteiger partial charge < -0.3 is 19.1 Å². The molecule has 0 aliphatic rings. The summed E-state index contributed by atoms with van der Waals surface area (Å²) in [5, 5.41) is 10.2. The average Bonchev–Trinajstić information content (AvgIpc) is 3.07. The topological polar surface area (TPSA) is 38.7 Å². The van der Waals surface area contributed by atoms with Crippen molar-refractivity contribution in [2.45, 2.75) is 239 Å². The minimum atomic E-state index is -0.248. The van der Waals surface area contributed by atoms with Crippen molar-refractivity contribution in [1.82, 2.24) is 0 Å². The zero-order valence-electron chi connectivity index (χ0n) is 33.3.